The second kappa shape index (κ2) is 7.33. The Balaban J connectivity index is 2.11. The highest BCUT2D eigenvalue weighted by Crippen LogP contribution is 2.33. The molecule has 1 aromatic carbocycles. The maximum atomic E-state index is 6.13. The summed E-state index contributed by atoms with van der Waals surface area (Å²) < 4.78 is 5.47. The monoisotopic (exact) mass is 295 g/mol. The average molecular weight is 296 g/mol. The van der Waals surface area contributed by atoms with Gasteiger partial charge in [-0.05, 0) is 61.9 Å². The van der Waals surface area contributed by atoms with Gasteiger partial charge in [-0.2, -0.15) is 0 Å². The molecule has 112 valence electrons. The van der Waals surface area contributed by atoms with Crippen LogP contribution in [0, 0.1) is 11.8 Å². The van der Waals surface area contributed by atoms with Crippen LogP contribution in [-0.2, 0) is 6.42 Å². The van der Waals surface area contributed by atoms with Gasteiger partial charge in [0.25, 0.3) is 0 Å². The Morgan fingerprint density at radius 1 is 1.40 bits per heavy atom. The van der Waals surface area contributed by atoms with E-state index in [1.807, 2.05) is 18.2 Å². The highest BCUT2D eigenvalue weighted by Gasteiger charge is 2.26. The third-order valence-electron chi connectivity index (χ3n) is 4.60. The van der Waals surface area contributed by atoms with Crippen molar-refractivity contribution in [1.29, 1.82) is 0 Å². The number of hydrogen-bond donors (Lipinski definition) is 1. The van der Waals surface area contributed by atoms with Crippen LogP contribution in [0.5, 0.6) is 5.75 Å². The van der Waals surface area contributed by atoms with Gasteiger partial charge < -0.3 is 10.1 Å². The number of methoxy groups -OCH3 is 1. The fourth-order valence-electron chi connectivity index (χ4n) is 3.49. The Labute approximate surface area is 127 Å². The second-order valence-electron chi connectivity index (χ2n) is 6.09. The highest BCUT2D eigenvalue weighted by atomic mass is 35.5. The third kappa shape index (κ3) is 3.89. The van der Waals surface area contributed by atoms with Crippen LogP contribution in [0.4, 0.5) is 0 Å². The lowest BCUT2D eigenvalue weighted by Gasteiger charge is -2.33. The predicted molar refractivity (Wildman–Crippen MR) is 85.7 cm³/mol. The molecule has 20 heavy (non-hydrogen) atoms. The Kier molecular flexibility index (Phi) is 5.74. The molecule has 3 unspecified atom stereocenters. The van der Waals surface area contributed by atoms with E-state index < -0.39 is 0 Å². The summed E-state index contributed by atoms with van der Waals surface area (Å²) in [5.41, 5.74) is 1.21. The first kappa shape index (κ1) is 15.7. The maximum Gasteiger partial charge on any atom is 0.122 e. The minimum atomic E-state index is 0.505. The van der Waals surface area contributed by atoms with Crippen molar-refractivity contribution in [3.63, 3.8) is 0 Å². The number of nitrogens with one attached hydrogen (secondary N) is 1. The van der Waals surface area contributed by atoms with Crippen LogP contribution in [-0.4, -0.2) is 20.2 Å². The molecule has 1 aromatic rings. The van der Waals surface area contributed by atoms with Gasteiger partial charge in [-0.1, -0.05) is 31.4 Å². The number of rotatable bonds is 5. The minimum absolute atomic E-state index is 0.505. The van der Waals surface area contributed by atoms with Gasteiger partial charge in [-0.15, -0.1) is 0 Å². The molecule has 2 rings (SSSR count). The number of likely N-dealkylation sites (N-methyl/N-ethyl adjacent to an activating group) is 1. The summed E-state index contributed by atoms with van der Waals surface area (Å²) in [6.07, 6.45) is 6.38. The molecule has 1 aliphatic carbocycles. The molecule has 0 heterocycles. The van der Waals surface area contributed by atoms with E-state index in [2.05, 4.69) is 19.3 Å². The first-order valence-electron chi connectivity index (χ1n) is 7.63. The zero-order chi connectivity index (χ0) is 14.5. The van der Waals surface area contributed by atoms with Gasteiger partial charge in [0.05, 0.1) is 7.11 Å². The molecular formula is C17H26ClNO. The first-order chi connectivity index (χ1) is 9.63. The van der Waals surface area contributed by atoms with E-state index >= 15 is 0 Å². The summed E-state index contributed by atoms with van der Waals surface area (Å²) in [6, 6.07) is 6.40. The molecule has 0 spiro atoms. The number of ether oxygens (including phenoxy) is 1. The lowest BCUT2D eigenvalue weighted by molar-refractivity contribution is 0.226. The van der Waals surface area contributed by atoms with E-state index in [0.29, 0.717) is 6.04 Å². The van der Waals surface area contributed by atoms with Crippen molar-refractivity contribution in [3.8, 4) is 5.75 Å². The van der Waals surface area contributed by atoms with Crippen molar-refractivity contribution in [2.24, 2.45) is 11.8 Å². The topological polar surface area (TPSA) is 21.3 Å². The standard InChI is InChI=1S/C17H26ClNO/c1-12-5-4-6-13(9-12)16(19-2)11-14-10-15(18)7-8-17(14)20-3/h7-8,10,12-13,16,19H,4-6,9,11H2,1-3H3. The Bertz CT molecular complexity index is 435. The molecule has 0 aromatic heterocycles. The van der Waals surface area contributed by atoms with Crippen LogP contribution in [0.1, 0.15) is 38.2 Å². The van der Waals surface area contributed by atoms with Gasteiger partial charge in [-0.3, -0.25) is 0 Å². The van der Waals surface area contributed by atoms with Crippen molar-refractivity contribution in [3.05, 3.63) is 28.8 Å². The Morgan fingerprint density at radius 3 is 2.85 bits per heavy atom. The number of halogens is 1. The van der Waals surface area contributed by atoms with Crippen LogP contribution in [0.2, 0.25) is 5.02 Å². The van der Waals surface area contributed by atoms with Gasteiger partial charge in [0.15, 0.2) is 0 Å². The molecule has 1 saturated carbocycles. The van der Waals surface area contributed by atoms with Crippen molar-refractivity contribution in [2.75, 3.05) is 14.2 Å². The molecule has 0 bridgehead atoms. The normalized spacial score (nSPS) is 24.4. The van der Waals surface area contributed by atoms with Crippen LogP contribution < -0.4 is 10.1 Å². The van der Waals surface area contributed by atoms with Crippen molar-refractivity contribution < 1.29 is 4.74 Å². The molecular weight excluding hydrogens is 270 g/mol. The van der Waals surface area contributed by atoms with Crippen LogP contribution in [0.3, 0.4) is 0 Å². The fraction of sp³-hybridized carbons (Fsp3) is 0.647. The minimum Gasteiger partial charge on any atom is -0.496 e. The molecule has 0 saturated heterocycles. The summed E-state index contributed by atoms with van der Waals surface area (Å²) in [4.78, 5) is 0. The van der Waals surface area contributed by atoms with Gasteiger partial charge >= 0.3 is 0 Å². The Hall–Kier alpha value is -0.730. The van der Waals surface area contributed by atoms with Gasteiger partial charge in [-0.25, -0.2) is 0 Å². The molecule has 0 aliphatic heterocycles. The summed E-state index contributed by atoms with van der Waals surface area (Å²) in [5.74, 6) is 2.55. The first-order valence-corrected chi connectivity index (χ1v) is 8.01. The van der Waals surface area contributed by atoms with Gasteiger partial charge in [0, 0.05) is 11.1 Å². The third-order valence-corrected chi connectivity index (χ3v) is 4.83. The highest BCUT2D eigenvalue weighted by molar-refractivity contribution is 6.30. The van der Waals surface area contributed by atoms with Crippen LogP contribution in [0.25, 0.3) is 0 Å². The largest absolute Gasteiger partial charge is 0.496 e. The van der Waals surface area contributed by atoms with E-state index in [4.69, 9.17) is 16.3 Å². The zero-order valence-corrected chi connectivity index (χ0v) is 13.5. The lowest BCUT2D eigenvalue weighted by atomic mass is 9.77. The molecule has 1 aliphatic rings. The molecule has 3 heteroatoms. The fourth-order valence-corrected chi connectivity index (χ4v) is 3.69. The quantitative estimate of drug-likeness (QED) is 0.874. The van der Waals surface area contributed by atoms with E-state index in [0.717, 1.165) is 29.0 Å². The zero-order valence-electron chi connectivity index (χ0n) is 12.8. The van der Waals surface area contributed by atoms with E-state index in [9.17, 15) is 0 Å². The van der Waals surface area contributed by atoms with Gasteiger partial charge in [0.2, 0.25) is 0 Å². The predicted octanol–water partition coefficient (Wildman–Crippen LogP) is 4.31. The average Bonchev–Trinajstić information content (AvgIpc) is 2.45. The second-order valence-corrected chi connectivity index (χ2v) is 6.52. The molecule has 1 fully saturated rings. The molecule has 0 amide bonds. The van der Waals surface area contributed by atoms with Crippen LogP contribution in [0.15, 0.2) is 18.2 Å². The smallest absolute Gasteiger partial charge is 0.122 e. The van der Waals surface area contributed by atoms with E-state index in [-0.39, 0.29) is 0 Å². The maximum absolute atomic E-state index is 6.13. The molecule has 3 atom stereocenters. The van der Waals surface area contributed by atoms with Crippen LogP contribution >= 0.6 is 11.6 Å². The molecule has 0 radical (unpaired) electrons. The summed E-state index contributed by atoms with van der Waals surface area (Å²) in [7, 11) is 3.80. The van der Waals surface area contributed by atoms with Crippen molar-refractivity contribution >= 4 is 11.6 Å². The summed E-state index contributed by atoms with van der Waals surface area (Å²) in [6.45, 7) is 2.37. The Morgan fingerprint density at radius 2 is 2.20 bits per heavy atom. The van der Waals surface area contributed by atoms with E-state index in [1.165, 1.54) is 31.2 Å². The summed E-state index contributed by atoms with van der Waals surface area (Å²) >= 11 is 6.13. The van der Waals surface area contributed by atoms with Gasteiger partial charge in [0.1, 0.15) is 5.75 Å². The lowest BCUT2D eigenvalue weighted by Crippen LogP contribution is -2.38. The summed E-state index contributed by atoms with van der Waals surface area (Å²) in [5, 5.41) is 4.30. The molecule has 1 N–H and O–H groups in total. The number of benzene rings is 1. The molecule has 2 nitrogen and oxygen atoms in total. The van der Waals surface area contributed by atoms with Crippen molar-refractivity contribution in [2.45, 2.75) is 45.1 Å². The number of hydrogen-bond acceptors (Lipinski definition) is 2. The van der Waals surface area contributed by atoms with E-state index in [1.54, 1.807) is 7.11 Å². The van der Waals surface area contributed by atoms with Crippen molar-refractivity contribution in [1.82, 2.24) is 5.32 Å². The SMILES string of the molecule is CNC(Cc1cc(Cl)ccc1OC)C1CCCC(C)C1.